The van der Waals surface area contributed by atoms with Crippen LogP contribution in [-0.2, 0) is 0 Å². The molecule has 0 aliphatic heterocycles. The van der Waals surface area contributed by atoms with E-state index in [-0.39, 0.29) is 4.83 Å². The van der Waals surface area contributed by atoms with Crippen LogP contribution in [0, 0.1) is 13.8 Å². The Balaban J connectivity index is 2.42. The van der Waals surface area contributed by atoms with E-state index in [0.717, 1.165) is 27.5 Å². The molecule has 1 nitrogen and oxygen atoms in total. The summed E-state index contributed by atoms with van der Waals surface area (Å²) >= 11 is 9.79. The van der Waals surface area contributed by atoms with Crippen molar-refractivity contribution in [2.45, 2.75) is 18.7 Å². The zero-order valence-corrected chi connectivity index (χ0v) is 13.5. The van der Waals surface area contributed by atoms with E-state index in [1.54, 1.807) is 7.11 Å². The average molecular weight is 340 g/mol. The molecular formula is C16H16BrClO. The van der Waals surface area contributed by atoms with Gasteiger partial charge in [0.05, 0.1) is 11.9 Å². The second kappa shape index (κ2) is 5.98. The Bertz CT molecular complexity index is 572. The quantitative estimate of drug-likeness (QED) is 0.676. The normalized spacial score (nSPS) is 12.3. The van der Waals surface area contributed by atoms with Gasteiger partial charge in [0.25, 0.3) is 0 Å². The summed E-state index contributed by atoms with van der Waals surface area (Å²) in [6, 6.07) is 12.2. The molecule has 0 N–H and O–H groups in total. The maximum Gasteiger partial charge on any atom is 0.124 e. The van der Waals surface area contributed by atoms with Crippen molar-refractivity contribution in [2.75, 3.05) is 7.11 Å². The fourth-order valence-electron chi connectivity index (χ4n) is 2.31. The van der Waals surface area contributed by atoms with Crippen molar-refractivity contribution < 1.29 is 4.74 Å². The van der Waals surface area contributed by atoms with Gasteiger partial charge in [-0.05, 0) is 48.2 Å². The number of alkyl halides is 1. The number of halogens is 2. The zero-order valence-electron chi connectivity index (χ0n) is 11.2. The highest BCUT2D eigenvalue weighted by atomic mass is 79.9. The molecule has 0 amide bonds. The van der Waals surface area contributed by atoms with Crippen LogP contribution in [0.1, 0.15) is 27.1 Å². The fraction of sp³-hybridized carbons (Fsp3) is 0.250. The summed E-state index contributed by atoms with van der Waals surface area (Å²) in [6.45, 7) is 4.13. The van der Waals surface area contributed by atoms with Gasteiger partial charge < -0.3 is 4.74 Å². The van der Waals surface area contributed by atoms with Crippen LogP contribution in [0.3, 0.4) is 0 Å². The minimum atomic E-state index is 0.134. The zero-order chi connectivity index (χ0) is 14.0. The minimum absolute atomic E-state index is 0.134. The molecule has 0 spiro atoms. The molecule has 0 aliphatic rings. The Morgan fingerprint density at radius 1 is 1.05 bits per heavy atom. The van der Waals surface area contributed by atoms with Crippen LogP contribution in [0.25, 0.3) is 0 Å². The van der Waals surface area contributed by atoms with Crippen molar-refractivity contribution in [3.8, 4) is 5.75 Å². The largest absolute Gasteiger partial charge is 0.496 e. The highest BCUT2D eigenvalue weighted by Crippen LogP contribution is 2.35. The molecule has 0 radical (unpaired) electrons. The topological polar surface area (TPSA) is 9.23 Å². The number of methoxy groups -OCH3 is 1. The summed E-state index contributed by atoms with van der Waals surface area (Å²) in [5, 5.41) is 0.754. The van der Waals surface area contributed by atoms with Crippen LogP contribution in [0.5, 0.6) is 5.75 Å². The summed E-state index contributed by atoms with van der Waals surface area (Å²) in [4.78, 5) is 0.134. The van der Waals surface area contributed by atoms with Gasteiger partial charge in [-0.3, -0.25) is 0 Å². The van der Waals surface area contributed by atoms with Crippen molar-refractivity contribution in [2.24, 2.45) is 0 Å². The summed E-state index contributed by atoms with van der Waals surface area (Å²) in [7, 11) is 1.71. The third kappa shape index (κ3) is 3.13. The molecule has 2 aromatic rings. The lowest BCUT2D eigenvalue weighted by molar-refractivity contribution is 0.408. The first-order valence-electron chi connectivity index (χ1n) is 6.07. The summed E-state index contributed by atoms with van der Waals surface area (Å²) < 4.78 is 5.40. The number of hydrogen-bond donors (Lipinski definition) is 0. The first-order chi connectivity index (χ1) is 9.02. The van der Waals surface area contributed by atoms with Crippen LogP contribution in [-0.4, -0.2) is 7.11 Å². The maximum atomic E-state index is 6.05. The van der Waals surface area contributed by atoms with Gasteiger partial charge in [-0.25, -0.2) is 0 Å². The number of hydrogen-bond acceptors (Lipinski definition) is 1. The Hall–Kier alpha value is -0.990. The van der Waals surface area contributed by atoms with Gasteiger partial charge in [0.15, 0.2) is 0 Å². The third-order valence-electron chi connectivity index (χ3n) is 3.12. The second-order valence-electron chi connectivity index (χ2n) is 4.61. The number of ether oxygens (including phenoxy) is 1. The maximum absolute atomic E-state index is 6.05. The lowest BCUT2D eigenvalue weighted by Gasteiger charge is -2.15. The fourth-order valence-corrected chi connectivity index (χ4v) is 3.06. The van der Waals surface area contributed by atoms with Crippen molar-refractivity contribution in [3.05, 3.63) is 63.7 Å². The first-order valence-corrected chi connectivity index (χ1v) is 7.37. The molecular weight excluding hydrogens is 324 g/mol. The summed E-state index contributed by atoms with van der Waals surface area (Å²) in [5.74, 6) is 0.953. The van der Waals surface area contributed by atoms with E-state index in [1.165, 1.54) is 5.56 Å². The summed E-state index contributed by atoms with van der Waals surface area (Å²) in [5.41, 5.74) is 4.64. The van der Waals surface area contributed by atoms with Crippen molar-refractivity contribution in [1.82, 2.24) is 0 Å². The molecule has 0 saturated heterocycles. The Kier molecular flexibility index (Phi) is 4.54. The van der Waals surface area contributed by atoms with E-state index in [2.05, 4.69) is 48.0 Å². The molecule has 0 aliphatic carbocycles. The molecule has 0 saturated carbocycles. The summed E-state index contributed by atoms with van der Waals surface area (Å²) in [6.07, 6.45) is 0. The van der Waals surface area contributed by atoms with E-state index in [4.69, 9.17) is 16.3 Å². The number of rotatable bonds is 3. The smallest absolute Gasteiger partial charge is 0.124 e. The van der Waals surface area contributed by atoms with E-state index in [1.807, 2.05) is 18.2 Å². The van der Waals surface area contributed by atoms with Crippen LogP contribution in [0.15, 0.2) is 36.4 Å². The standard InChI is InChI=1S/C16H16BrClO/c1-10-7-13(8-11(2)16(10)19-3)15(17)12-5-4-6-14(18)9-12/h4-9,15H,1-3H3. The predicted octanol–water partition coefficient (Wildman–Crippen LogP) is 5.45. The molecule has 2 aromatic carbocycles. The molecule has 2 rings (SSSR count). The molecule has 3 heteroatoms. The lowest BCUT2D eigenvalue weighted by atomic mass is 9.99. The molecule has 0 fully saturated rings. The molecule has 1 unspecified atom stereocenters. The van der Waals surface area contributed by atoms with Crippen LogP contribution in [0.4, 0.5) is 0 Å². The first kappa shape index (κ1) is 14.4. The lowest BCUT2D eigenvalue weighted by Crippen LogP contribution is -1.97. The monoisotopic (exact) mass is 338 g/mol. The van der Waals surface area contributed by atoms with Crippen LogP contribution in [0.2, 0.25) is 5.02 Å². The molecule has 0 heterocycles. The van der Waals surface area contributed by atoms with Gasteiger partial charge >= 0.3 is 0 Å². The van der Waals surface area contributed by atoms with Gasteiger partial charge in [0.2, 0.25) is 0 Å². The molecule has 1 atom stereocenters. The van der Waals surface area contributed by atoms with Crippen molar-refractivity contribution in [3.63, 3.8) is 0 Å². The van der Waals surface area contributed by atoms with E-state index in [9.17, 15) is 0 Å². The molecule has 100 valence electrons. The van der Waals surface area contributed by atoms with E-state index < -0.39 is 0 Å². The van der Waals surface area contributed by atoms with E-state index >= 15 is 0 Å². The molecule has 0 aromatic heterocycles. The van der Waals surface area contributed by atoms with Gasteiger partial charge in [0, 0.05) is 5.02 Å². The van der Waals surface area contributed by atoms with Crippen LogP contribution < -0.4 is 4.74 Å². The highest BCUT2D eigenvalue weighted by molar-refractivity contribution is 9.09. The Morgan fingerprint density at radius 3 is 2.21 bits per heavy atom. The SMILES string of the molecule is COc1c(C)cc(C(Br)c2cccc(Cl)c2)cc1C. The molecule has 0 bridgehead atoms. The second-order valence-corrected chi connectivity index (χ2v) is 5.96. The van der Waals surface area contributed by atoms with Crippen molar-refractivity contribution in [1.29, 1.82) is 0 Å². The van der Waals surface area contributed by atoms with Gasteiger partial charge in [-0.1, -0.05) is 51.8 Å². The van der Waals surface area contributed by atoms with Gasteiger partial charge in [0.1, 0.15) is 5.75 Å². The van der Waals surface area contributed by atoms with Gasteiger partial charge in [-0.2, -0.15) is 0 Å². The van der Waals surface area contributed by atoms with E-state index in [0.29, 0.717) is 0 Å². The average Bonchev–Trinajstić information content (AvgIpc) is 2.37. The molecule has 19 heavy (non-hydrogen) atoms. The predicted molar refractivity (Wildman–Crippen MR) is 84.7 cm³/mol. The van der Waals surface area contributed by atoms with Crippen LogP contribution >= 0.6 is 27.5 Å². The number of benzene rings is 2. The Morgan fingerprint density at radius 2 is 1.68 bits per heavy atom. The highest BCUT2D eigenvalue weighted by Gasteiger charge is 2.14. The Labute approximate surface area is 127 Å². The minimum Gasteiger partial charge on any atom is -0.496 e. The van der Waals surface area contributed by atoms with Gasteiger partial charge in [-0.15, -0.1) is 0 Å². The van der Waals surface area contributed by atoms with Crippen molar-refractivity contribution >= 4 is 27.5 Å². The number of aryl methyl sites for hydroxylation is 2. The third-order valence-corrected chi connectivity index (χ3v) is 4.41.